The van der Waals surface area contributed by atoms with E-state index in [0.717, 1.165) is 0 Å². The van der Waals surface area contributed by atoms with E-state index in [2.05, 4.69) is 10.3 Å². The molecule has 1 heterocycles. The Kier molecular flexibility index (Phi) is 9.96. The van der Waals surface area contributed by atoms with Gasteiger partial charge in [0.1, 0.15) is 24.2 Å². The van der Waals surface area contributed by atoms with Crippen LogP contribution in [-0.2, 0) is 22.7 Å². The molecule has 1 amide bonds. The van der Waals surface area contributed by atoms with Crippen LogP contribution in [-0.4, -0.2) is 29.5 Å². The molecule has 0 aliphatic carbocycles. The molecule has 1 atom stereocenters. The number of amides is 1. The zero-order chi connectivity index (χ0) is 27.8. The monoisotopic (exact) mass is 521 g/mol. The van der Waals surface area contributed by atoms with E-state index >= 15 is 0 Å². The minimum absolute atomic E-state index is 0.00541. The number of nitrogens with zero attached hydrogens (tertiary/aromatic N) is 1. The number of benzene rings is 2. The highest BCUT2D eigenvalue weighted by Gasteiger charge is 2.21. The first-order chi connectivity index (χ1) is 18.1. The van der Waals surface area contributed by atoms with Crippen LogP contribution < -0.4 is 15.8 Å². The van der Waals surface area contributed by atoms with Crippen molar-refractivity contribution >= 4 is 11.9 Å². The predicted molar refractivity (Wildman–Crippen MR) is 145 cm³/mol. The lowest BCUT2D eigenvalue weighted by atomic mass is 10.0. The zero-order valence-corrected chi connectivity index (χ0v) is 22.6. The number of pyridine rings is 1. The maximum Gasteiger partial charge on any atom is 0.323 e. The molecule has 3 aromatic rings. The largest absolute Gasteiger partial charge is 0.492 e. The van der Waals surface area contributed by atoms with E-state index in [1.54, 1.807) is 43.5 Å². The second kappa shape index (κ2) is 13.1. The molecule has 0 aliphatic heterocycles. The number of aryl methyl sites for hydroxylation is 1. The smallest absolute Gasteiger partial charge is 0.323 e. The van der Waals surface area contributed by atoms with Crippen molar-refractivity contribution in [3.05, 3.63) is 82.8 Å². The second-order valence-electron chi connectivity index (χ2n) is 10.1. The molecule has 202 valence electrons. The molecule has 3 rings (SSSR count). The fourth-order valence-electron chi connectivity index (χ4n) is 3.59. The molecule has 3 N–H and O–H groups in total. The maximum atomic E-state index is 14.0. The third kappa shape index (κ3) is 7.61. The number of nitrogens with two attached hydrogens (primary N) is 1. The molecule has 2 aromatic carbocycles. The van der Waals surface area contributed by atoms with Crippen molar-refractivity contribution in [2.24, 2.45) is 17.6 Å². The molecule has 0 unspecified atom stereocenters. The van der Waals surface area contributed by atoms with Crippen LogP contribution in [0.4, 0.5) is 4.39 Å². The highest BCUT2D eigenvalue weighted by molar-refractivity contribution is 5.98. The summed E-state index contributed by atoms with van der Waals surface area (Å²) in [4.78, 5) is 30.0. The summed E-state index contributed by atoms with van der Waals surface area (Å²) < 4.78 is 25.3. The van der Waals surface area contributed by atoms with Gasteiger partial charge in [-0.15, -0.1) is 0 Å². The lowest BCUT2D eigenvalue weighted by molar-refractivity contribution is -0.147. The zero-order valence-electron chi connectivity index (χ0n) is 22.6. The average Bonchev–Trinajstić information content (AvgIpc) is 2.90. The maximum absolute atomic E-state index is 14.0. The fourth-order valence-corrected chi connectivity index (χ4v) is 3.59. The van der Waals surface area contributed by atoms with Crippen molar-refractivity contribution in [2.75, 3.05) is 6.61 Å². The number of esters is 1. The van der Waals surface area contributed by atoms with Gasteiger partial charge in [-0.2, -0.15) is 0 Å². The molecule has 0 radical (unpaired) electrons. The summed E-state index contributed by atoms with van der Waals surface area (Å²) in [6, 6.07) is 13.0. The van der Waals surface area contributed by atoms with Crippen LogP contribution in [0.25, 0.3) is 11.3 Å². The Bertz CT molecular complexity index is 1280. The van der Waals surface area contributed by atoms with Gasteiger partial charge in [0, 0.05) is 23.9 Å². The molecule has 38 heavy (non-hydrogen) atoms. The van der Waals surface area contributed by atoms with Crippen molar-refractivity contribution in [1.29, 1.82) is 0 Å². The van der Waals surface area contributed by atoms with Gasteiger partial charge in [-0.25, -0.2) is 4.39 Å². The van der Waals surface area contributed by atoms with Crippen LogP contribution >= 0.6 is 0 Å². The Labute approximate surface area is 223 Å². The fraction of sp³-hybridized carbons (Fsp3) is 0.367. The predicted octanol–water partition coefficient (Wildman–Crippen LogP) is 5.19. The normalized spacial score (nSPS) is 11.9. The summed E-state index contributed by atoms with van der Waals surface area (Å²) in [5, 5.41) is 2.86. The van der Waals surface area contributed by atoms with E-state index < -0.39 is 12.0 Å². The third-order valence-corrected chi connectivity index (χ3v) is 6.01. The number of rotatable bonds is 11. The van der Waals surface area contributed by atoms with Gasteiger partial charge in [-0.1, -0.05) is 45.9 Å². The summed E-state index contributed by atoms with van der Waals surface area (Å²) in [6.07, 6.45) is 1.63. The SMILES string of the molecule is Cc1ccc(CNC(=O)c2cc(-c3ncccc3COC(=O)[C@@H](N)C(C)C)ccc2OCC(C)C)cc1F. The lowest BCUT2D eigenvalue weighted by Crippen LogP contribution is -2.36. The van der Waals surface area contributed by atoms with Gasteiger partial charge in [0.05, 0.1) is 17.9 Å². The molecule has 8 heteroatoms. The number of ether oxygens (including phenoxy) is 2. The summed E-state index contributed by atoms with van der Waals surface area (Å²) in [6.45, 7) is 10.0. The summed E-state index contributed by atoms with van der Waals surface area (Å²) in [5.74, 6) is -0.528. The minimum atomic E-state index is -0.718. The Morgan fingerprint density at radius 3 is 2.53 bits per heavy atom. The molecule has 0 saturated carbocycles. The van der Waals surface area contributed by atoms with E-state index in [4.69, 9.17) is 15.2 Å². The van der Waals surface area contributed by atoms with Crippen LogP contribution in [0.1, 0.15) is 54.7 Å². The van der Waals surface area contributed by atoms with Gasteiger partial charge >= 0.3 is 5.97 Å². The van der Waals surface area contributed by atoms with Crippen molar-refractivity contribution in [1.82, 2.24) is 10.3 Å². The topological polar surface area (TPSA) is 104 Å². The first-order valence-corrected chi connectivity index (χ1v) is 12.7. The molecule has 7 nitrogen and oxygen atoms in total. The Balaban J connectivity index is 1.88. The molecular formula is C30H36FN3O4. The molecule has 1 aromatic heterocycles. The summed E-state index contributed by atoms with van der Waals surface area (Å²) >= 11 is 0. The number of carbonyl (C=O) groups excluding carboxylic acids is 2. The van der Waals surface area contributed by atoms with E-state index in [1.165, 1.54) is 6.07 Å². The quantitative estimate of drug-likeness (QED) is 0.337. The van der Waals surface area contributed by atoms with Crippen molar-refractivity contribution in [3.63, 3.8) is 0 Å². The Hall–Kier alpha value is -3.78. The van der Waals surface area contributed by atoms with E-state index in [1.807, 2.05) is 39.8 Å². The molecule has 0 fully saturated rings. The van der Waals surface area contributed by atoms with Crippen molar-refractivity contribution < 1.29 is 23.5 Å². The minimum Gasteiger partial charge on any atom is -0.492 e. The van der Waals surface area contributed by atoms with Gasteiger partial charge in [0.25, 0.3) is 5.91 Å². The van der Waals surface area contributed by atoms with Gasteiger partial charge in [-0.3, -0.25) is 14.6 Å². The molecular weight excluding hydrogens is 485 g/mol. The second-order valence-corrected chi connectivity index (χ2v) is 10.1. The van der Waals surface area contributed by atoms with Crippen LogP contribution in [0.5, 0.6) is 5.75 Å². The standard InChI is InChI=1S/C30H36FN3O4/c1-18(2)16-37-26-11-10-22(14-24(26)29(35)34-15-21-9-8-20(5)25(31)13-21)28-23(7-6-12-33-28)17-38-30(36)27(32)19(3)4/h6-14,18-19,27H,15-17,32H2,1-5H3,(H,34,35)/t27-/m0/s1. The average molecular weight is 522 g/mol. The van der Waals surface area contributed by atoms with Crippen molar-refractivity contribution in [2.45, 2.75) is 53.8 Å². The first-order valence-electron chi connectivity index (χ1n) is 12.7. The highest BCUT2D eigenvalue weighted by atomic mass is 19.1. The number of hydrogen-bond donors (Lipinski definition) is 2. The van der Waals surface area contributed by atoms with Crippen LogP contribution in [0.2, 0.25) is 0 Å². The van der Waals surface area contributed by atoms with Gasteiger partial charge in [0.15, 0.2) is 0 Å². The summed E-state index contributed by atoms with van der Waals surface area (Å²) in [5.41, 5.74) is 9.33. The number of carbonyl (C=O) groups is 2. The van der Waals surface area contributed by atoms with E-state index in [9.17, 15) is 14.0 Å². The van der Waals surface area contributed by atoms with Gasteiger partial charge < -0.3 is 20.5 Å². The van der Waals surface area contributed by atoms with Crippen molar-refractivity contribution in [3.8, 4) is 17.0 Å². The van der Waals surface area contributed by atoms with E-state index in [0.29, 0.717) is 45.9 Å². The van der Waals surface area contributed by atoms with Gasteiger partial charge in [0.2, 0.25) is 0 Å². The number of aromatic nitrogens is 1. The Morgan fingerprint density at radius 1 is 1.08 bits per heavy atom. The van der Waals surface area contributed by atoms with Gasteiger partial charge in [-0.05, 0) is 60.2 Å². The number of halogens is 1. The molecule has 0 bridgehead atoms. The highest BCUT2D eigenvalue weighted by Crippen LogP contribution is 2.29. The van der Waals surface area contributed by atoms with Crippen LogP contribution in [0.3, 0.4) is 0 Å². The molecule has 0 aliphatic rings. The lowest BCUT2D eigenvalue weighted by Gasteiger charge is -2.17. The Morgan fingerprint density at radius 2 is 1.84 bits per heavy atom. The third-order valence-electron chi connectivity index (χ3n) is 6.01. The number of nitrogens with one attached hydrogen (secondary N) is 1. The molecule has 0 spiro atoms. The number of hydrogen-bond acceptors (Lipinski definition) is 6. The summed E-state index contributed by atoms with van der Waals surface area (Å²) in [7, 11) is 0. The van der Waals surface area contributed by atoms with Crippen LogP contribution in [0, 0.1) is 24.6 Å². The molecule has 0 saturated heterocycles. The first kappa shape index (κ1) is 28.8. The van der Waals surface area contributed by atoms with Crippen LogP contribution in [0.15, 0.2) is 54.7 Å². The van der Waals surface area contributed by atoms with E-state index in [-0.39, 0.29) is 36.7 Å².